The smallest absolute Gasteiger partial charge is 0.126 e. The summed E-state index contributed by atoms with van der Waals surface area (Å²) in [7, 11) is 0. The predicted molar refractivity (Wildman–Crippen MR) is 68.3 cm³/mol. The average Bonchev–Trinajstić information content (AvgIpc) is 2.89. The predicted octanol–water partition coefficient (Wildman–Crippen LogP) is 3.11. The van der Waals surface area contributed by atoms with E-state index in [4.69, 9.17) is 5.73 Å². The summed E-state index contributed by atoms with van der Waals surface area (Å²) in [6, 6.07) is 4.11. The summed E-state index contributed by atoms with van der Waals surface area (Å²) in [5.41, 5.74) is 6.92. The Kier molecular flexibility index (Phi) is 3.12. The normalized spacial score (nSPS) is 14.9. The van der Waals surface area contributed by atoms with Gasteiger partial charge in [-0.15, -0.1) is 11.3 Å². The molecule has 86 valence electrons. The topological polar surface area (TPSA) is 54.7 Å². The summed E-state index contributed by atoms with van der Waals surface area (Å²) in [5.74, 6) is 0.873. The average molecular weight is 235 g/mol. The fourth-order valence-corrected chi connectivity index (χ4v) is 2.50. The van der Waals surface area contributed by atoms with Crippen LogP contribution in [0.1, 0.15) is 32.5 Å². The molecule has 0 aromatic carbocycles. The Morgan fingerprint density at radius 3 is 3.00 bits per heavy atom. The number of nitrogens with zero attached hydrogens (tertiary/aromatic N) is 1. The molecule has 2 heterocycles. The zero-order valence-corrected chi connectivity index (χ0v) is 10.5. The van der Waals surface area contributed by atoms with Crippen molar-refractivity contribution in [2.24, 2.45) is 5.73 Å². The number of nitrogens with one attached hydrogen (secondary N) is 1. The summed E-state index contributed by atoms with van der Waals surface area (Å²) in [4.78, 5) is 8.90. The van der Waals surface area contributed by atoms with Crippen molar-refractivity contribution >= 4 is 11.3 Å². The molecular weight excluding hydrogens is 218 g/mol. The van der Waals surface area contributed by atoms with E-state index in [9.17, 15) is 0 Å². The first kappa shape index (κ1) is 11.4. The third-order valence-electron chi connectivity index (χ3n) is 2.67. The minimum atomic E-state index is -0.357. The molecule has 0 bridgehead atoms. The van der Waals surface area contributed by atoms with Crippen molar-refractivity contribution in [1.82, 2.24) is 9.97 Å². The molecule has 0 radical (unpaired) electrons. The van der Waals surface area contributed by atoms with E-state index in [0.717, 1.165) is 24.4 Å². The Hall–Kier alpha value is -1.13. The number of H-pyrrole nitrogens is 1. The molecule has 3 N–H and O–H groups in total. The molecule has 0 saturated heterocycles. The molecule has 0 fully saturated rings. The zero-order chi connectivity index (χ0) is 11.6. The van der Waals surface area contributed by atoms with Crippen LogP contribution < -0.4 is 5.73 Å². The monoisotopic (exact) mass is 235 g/mol. The Balaban J connectivity index is 2.26. The van der Waals surface area contributed by atoms with Gasteiger partial charge in [-0.2, -0.15) is 0 Å². The third-order valence-corrected chi connectivity index (χ3v) is 3.58. The van der Waals surface area contributed by atoms with Gasteiger partial charge in [-0.25, -0.2) is 4.98 Å². The minimum absolute atomic E-state index is 0.357. The molecule has 0 aliphatic carbocycles. The second kappa shape index (κ2) is 4.39. The van der Waals surface area contributed by atoms with E-state index in [1.807, 2.05) is 19.2 Å². The number of hydrogen-bond donors (Lipinski definition) is 2. The highest BCUT2D eigenvalue weighted by Gasteiger charge is 2.23. The highest BCUT2D eigenvalue weighted by molar-refractivity contribution is 7.13. The van der Waals surface area contributed by atoms with Crippen LogP contribution >= 0.6 is 11.3 Å². The number of hydrogen-bond acceptors (Lipinski definition) is 3. The Morgan fingerprint density at radius 1 is 1.56 bits per heavy atom. The molecular formula is C12H17N3S. The molecule has 2 aromatic rings. The van der Waals surface area contributed by atoms with Crippen molar-refractivity contribution in [1.29, 1.82) is 0 Å². The summed E-state index contributed by atoms with van der Waals surface area (Å²) < 4.78 is 0. The fourth-order valence-electron chi connectivity index (χ4n) is 1.81. The molecule has 2 aromatic heterocycles. The maximum Gasteiger partial charge on any atom is 0.126 e. The third kappa shape index (κ3) is 2.18. The molecule has 3 nitrogen and oxygen atoms in total. The van der Waals surface area contributed by atoms with Crippen LogP contribution in [0.2, 0.25) is 0 Å². The highest BCUT2D eigenvalue weighted by atomic mass is 32.1. The van der Waals surface area contributed by atoms with Gasteiger partial charge in [0, 0.05) is 0 Å². The van der Waals surface area contributed by atoms with Gasteiger partial charge in [0.25, 0.3) is 0 Å². The first-order valence-corrected chi connectivity index (χ1v) is 6.39. The van der Waals surface area contributed by atoms with Crippen molar-refractivity contribution in [2.75, 3.05) is 0 Å². The molecule has 2 rings (SSSR count). The number of imidazole rings is 1. The minimum Gasteiger partial charge on any atom is -0.340 e. The standard InChI is InChI=1S/C12H17N3S/c1-3-6-12(2,13)11-14-8-9(15-11)10-5-4-7-16-10/h4-5,7-8H,3,6,13H2,1-2H3,(H,14,15). The van der Waals surface area contributed by atoms with Gasteiger partial charge in [-0.1, -0.05) is 19.4 Å². The first-order chi connectivity index (χ1) is 7.63. The van der Waals surface area contributed by atoms with Gasteiger partial charge in [0.15, 0.2) is 0 Å². The molecule has 4 heteroatoms. The number of aromatic nitrogens is 2. The highest BCUT2D eigenvalue weighted by Crippen LogP contribution is 2.26. The Morgan fingerprint density at radius 2 is 2.38 bits per heavy atom. The van der Waals surface area contributed by atoms with Crippen LogP contribution in [0, 0.1) is 0 Å². The SMILES string of the molecule is CCCC(C)(N)c1ncc(-c2cccs2)[nH]1. The largest absolute Gasteiger partial charge is 0.340 e. The summed E-state index contributed by atoms with van der Waals surface area (Å²) >= 11 is 1.70. The second-order valence-electron chi connectivity index (χ2n) is 4.29. The molecule has 1 unspecified atom stereocenters. The van der Waals surface area contributed by atoms with Crippen LogP contribution in [-0.2, 0) is 5.54 Å². The number of rotatable bonds is 4. The van der Waals surface area contributed by atoms with Crippen molar-refractivity contribution < 1.29 is 0 Å². The van der Waals surface area contributed by atoms with Crippen molar-refractivity contribution in [2.45, 2.75) is 32.2 Å². The number of aromatic amines is 1. The van der Waals surface area contributed by atoms with Crippen molar-refractivity contribution in [3.63, 3.8) is 0 Å². The van der Waals surface area contributed by atoms with Gasteiger partial charge in [0.05, 0.1) is 22.3 Å². The van der Waals surface area contributed by atoms with Crippen molar-refractivity contribution in [3.05, 3.63) is 29.5 Å². The summed E-state index contributed by atoms with van der Waals surface area (Å²) in [6.45, 7) is 4.15. The van der Waals surface area contributed by atoms with Crippen LogP contribution in [0.15, 0.2) is 23.7 Å². The number of nitrogens with two attached hydrogens (primary N) is 1. The maximum absolute atomic E-state index is 6.22. The lowest BCUT2D eigenvalue weighted by molar-refractivity contribution is 0.423. The quantitative estimate of drug-likeness (QED) is 0.855. The van der Waals surface area contributed by atoms with Gasteiger partial charge >= 0.3 is 0 Å². The Labute approximate surface area is 99.7 Å². The summed E-state index contributed by atoms with van der Waals surface area (Å²) in [5, 5.41) is 2.06. The lowest BCUT2D eigenvalue weighted by Crippen LogP contribution is -2.34. The van der Waals surface area contributed by atoms with Crippen LogP contribution in [0.4, 0.5) is 0 Å². The van der Waals surface area contributed by atoms with Crippen LogP contribution in [0.5, 0.6) is 0 Å². The molecule has 0 amide bonds. The van der Waals surface area contributed by atoms with Crippen molar-refractivity contribution in [3.8, 4) is 10.6 Å². The second-order valence-corrected chi connectivity index (χ2v) is 5.24. The van der Waals surface area contributed by atoms with Crippen LogP contribution in [0.25, 0.3) is 10.6 Å². The summed E-state index contributed by atoms with van der Waals surface area (Å²) in [6.07, 6.45) is 3.86. The van der Waals surface area contributed by atoms with Gasteiger partial charge in [0.2, 0.25) is 0 Å². The molecule has 1 atom stereocenters. The Bertz CT molecular complexity index is 443. The van der Waals surface area contributed by atoms with E-state index < -0.39 is 0 Å². The van der Waals surface area contributed by atoms with E-state index in [1.54, 1.807) is 11.3 Å². The van der Waals surface area contributed by atoms with Gasteiger partial charge in [-0.05, 0) is 24.8 Å². The zero-order valence-electron chi connectivity index (χ0n) is 9.66. The van der Waals surface area contributed by atoms with E-state index in [0.29, 0.717) is 0 Å². The van der Waals surface area contributed by atoms with E-state index in [1.165, 1.54) is 4.88 Å². The molecule has 0 spiro atoms. The molecule has 0 saturated carbocycles. The number of thiophene rings is 1. The van der Waals surface area contributed by atoms with E-state index >= 15 is 0 Å². The first-order valence-electron chi connectivity index (χ1n) is 5.51. The van der Waals surface area contributed by atoms with E-state index in [-0.39, 0.29) is 5.54 Å². The van der Waals surface area contributed by atoms with Gasteiger partial charge < -0.3 is 10.7 Å². The molecule has 0 aliphatic heterocycles. The molecule has 0 aliphatic rings. The fraction of sp³-hybridized carbons (Fsp3) is 0.417. The van der Waals surface area contributed by atoms with Gasteiger partial charge in [0.1, 0.15) is 5.82 Å². The lowest BCUT2D eigenvalue weighted by atomic mass is 9.97. The van der Waals surface area contributed by atoms with Crippen LogP contribution in [-0.4, -0.2) is 9.97 Å². The molecule has 16 heavy (non-hydrogen) atoms. The van der Waals surface area contributed by atoms with Crippen LogP contribution in [0.3, 0.4) is 0 Å². The van der Waals surface area contributed by atoms with E-state index in [2.05, 4.69) is 28.3 Å². The van der Waals surface area contributed by atoms with Gasteiger partial charge in [-0.3, -0.25) is 0 Å². The lowest BCUT2D eigenvalue weighted by Gasteiger charge is -2.20. The maximum atomic E-state index is 6.22.